The van der Waals surface area contributed by atoms with Crippen LogP contribution in [0.15, 0.2) is 54.6 Å². The molecule has 1 saturated carbocycles. The van der Waals surface area contributed by atoms with Crippen molar-refractivity contribution >= 4 is 40.9 Å². The average Bonchev–Trinajstić information content (AvgIpc) is 3.41. The number of benzene rings is 2. The molecule has 1 fully saturated rings. The lowest BCUT2D eigenvalue weighted by Crippen LogP contribution is -2.13. The third-order valence-corrected chi connectivity index (χ3v) is 3.92. The molecule has 0 heterocycles. The van der Waals surface area contributed by atoms with Gasteiger partial charge in [0.2, 0.25) is 11.8 Å². The maximum Gasteiger partial charge on any atom is 0.248 e. The van der Waals surface area contributed by atoms with Gasteiger partial charge in [-0.3, -0.25) is 9.59 Å². The topological polar surface area (TPSA) is 58.2 Å². The van der Waals surface area contributed by atoms with Crippen LogP contribution in [0.2, 0.25) is 5.02 Å². The predicted molar refractivity (Wildman–Crippen MR) is 96.9 cm³/mol. The molecule has 0 atom stereocenters. The van der Waals surface area contributed by atoms with Gasteiger partial charge < -0.3 is 10.6 Å². The third kappa shape index (κ3) is 4.70. The normalized spacial score (nSPS) is 13.7. The number of hydrogen-bond acceptors (Lipinski definition) is 2. The number of anilines is 2. The summed E-state index contributed by atoms with van der Waals surface area (Å²) in [6, 6.07) is 14.3. The number of carbonyl (C=O) groups is 2. The van der Waals surface area contributed by atoms with Gasteiger partial charge in [0.15, 0.2) is 0 Å². The van der Waals surface area contributed by atoms with Gasteiger partial charge in [-0.1, -0.05) is 23.7 Å². The van der Waals surface area contributed by atoms with Crippen molar-refractivity contribution in [1.29, 1.82) is 0 Å². The Hall–Kier alpha value is -2.59. The summed E-state index contributed by atoms with van der Waals surface area (Å²) in [5.74, 6) is 0.0137. The van der Waals surface area contributed by atoms with Crippen molar-refractivity contribution in [2.75, 3.05) is 10.6 Å². The fourth-order valence-electron chi connectivity index (χ4n) is 2.16. The molecule has 1 aliphatic rings. The Kier molecular flexibility index (Phi) is 4.96. The van der Waals surface area contributed by atoms with E-state index in [4.69, 9.17) is 11.6 Å². The molecule has 122 valence electrons. The first-order valence-electron chi connectivity index (χ1n) is 7.76. The van der Waals surface area contributed by atoms with Crippen LogP contribution in [0.1, 0.15) is 18.4 Å². The smallest absolute Gasteiger partial charge is 0.248 e. The van der Waals surface area contributed by atoms with Crippen molar-refractivity contribution in [3.63, 3.8) is 0 Å². The van der Waals surface area contributed by atoms with Gasteiger partial charge in [0.1, 0.15) is 0 Å². The van der Waals surface area contributed by atoms with Crippen molar-refractivity contribution in [2.24, 2.45) is 5.92 Å². The summed E-state index contributed by atoms with van der Waals surface area (Å²) in [6.07, 6.45) is 5.13. The number of carbonyl (C=O) groups excluding carboxylic acids is 2. The molecular weight excluding hydrogens is 324 g/mol. The molecule has 3 rings (SSSR count). The lowest BCUT2D eigenvalue weighted by molar-refractivity contribution is -0.117. The molecule has 2 aromatic rings. The maximum atomic E-state index is 11.9. The molecule has 2 aromatic carbocycles. The number of amides is 2. The van der Waals surface area contributed by atoms with E-state index >= 15 is 0 Å². The highest BCUT2D eigenvalue weighted by molar-refractivity contribution is 6.30. The van der Waals surface area contributed by atoms with Crippen molar-refractivity contribution in [3.8, 4) is 0 Å². The van der Waals surface area contributed by atoms with Gasteiger partial charge in [-0.15, -0.1) is 0 Å². The second kappa shape index (κ2) is 7.32. The van der Waals surface area contributed by atoms with E-state index in [-0.39, 0.29) is 17.7 Å². The van der Waals surface area contributed by atoms with Gasteiger partial charge in [0.05, 0.1) is 0 Å². The molecule has 0 saturated heterocycles. The molecule has 0 bridgehead atoms. The number of hydrogen-bond donors (Lipinski definition) is 2. The lowest BCUT2D eigenvalue weighted by atomic mass is 10.2. The van der Waals surface area contributed by atoms with E-state index < -0.39 is 0 Å². The highest BCUT2D eigenvalue weighted by Gasteiger charge is 2.29. The fraction of sp³-hybridized carbons (Fsp3) is 0.158. The molecule has 2 N–H and O–H groups in total. The Bertz CT molecular complexity index is 763. The highest BCUT2D eigenvalue weighted by atomic mass is 35.5. The predicted octanol–water partition coefficient (Wildman–Crippen LogP) is 4.34. The Balaban J connectivity index is 1.53. The molecule has 2 amide bonds. The van der Waals surface area contributed by atoms with Crippen LogP contribution in [0.5, 0.6) is 0 Å². The van der Waals surface area contributed by atoms with Crippen LogP contribution in [0.3, 0.4) is 0 Å². The molecular formula is C19H17ClN2O2. The van der Waals surface area contributed by atoms with Crippen LogP contribution in [0, 0.1) is 5.92 Å². The van der Waals surface area contributed by atoms with E-state index in [2.05, 4.69) is 10.6 Å². The van der Waals surface area contributed by atoms with E-state index in [1.807, 2.05) is 12.1 Å². The second-order valence-corrected chi connectivity index (χ2v) is 6.15. The lowest BCUT2D eigenvalue weighted by Gasteiger charge is -2.06. The van der Waals surface area contributed by atoms with Gasteiger partial charge in [-0.25, -0.2) is 0 Å². The highest BCUT2D eigenvalue weighted by Crippen LogP contribution is 2.30. The monoisotopic (exact) mass is 340 g/mol. The molecule has 4 nitrogen and oxygen atoms in total. The largest absolute Gasteiger partial charge is 0.326 e. The van der Waals surface area contributed by atoms with E-state index in [1.54, 1.807) is 42.5 Å². The van der Waals surface area contributed by atoms with Crippen LogP contribution in [0.25, 0.3) is 6.08 Å². The zero-order chi connectivity index (χ0) is 16.9. The van der Waals surface area contributed by atoms with Gasteiger partial charge in [-0.2, -0.15) is 0 Å². The Morgan fingerprint density at radius 1 is 0.917 bits per heavy atom. The molecule has 0 aromatic heterocycles. The first-order chi connectivity index (χ1) is 11.6. The van der Waals surface area contributed by atoms with E-state index in [0.29, 0.717) is 10.7 Å². The molecule has 0 radical (unpaired) electrons. The summed E-state index contributed by atoms with van der Waals surface area (Å²) >= 11 is 5.82. The molecule has 1 aliphatic carbocycles. The minimum Gasteiger partial charge on any atom is -0.326 e. The van der Waals surface area contributed by atoms with Crippen molar-refractivity contribution in [1.82, 2.24) is 0 Å². The summed E-state index contributed by atoms with van der Waals surface area (Å²) in [5.41, 5.74) is 2.31. The van der Waals surface area contributed by atoms with Crippen LogP contribution >= 0.6 is 11.6 Å². The van der Waals surface area contributed by atoms with Crippen LogP contribution < -0.4 is 10.6 Å². The van der Waals surface area contributed by atoms with E-state index in [0.717, 1.165) is 24.1 Å². The molecule has 0 aliphatic heterocycles. The summed E-state index contributed by atoms with van der Waals surface area (Å²) in [5, 5.41) is 6.29. The fourth-order valence-corrected chi connectivity index (χ4v) is 2.28. The zero-order valence-electron chi connectivity index (χ0n) is 13.0. The molecule has 5 heteroatoms. The number of halogens is 1. The number of nitrogens with one attached hydrogen (secondary N) is 2. The summed E-state index contributed by atoms with van der Waals surface area (Å²) in [6.45, 7) is 0. The van der Waals surface area contributed by atoms with Crippen LogP contribution in [-0.2, 0) is 9.59 Å². The van der Waals surface area contributed by atoms with Crippen molar-refractivity contribution in [2.45, 2.75) is 12.8 Å². The molecule has 0 spiro atoms. The summed E-state index contributed by atoms with van der Waals surface area (Å²) in [4.78, 5) is 23.6. The Labute approximate surface area is 145 Å². The van der Waals surface area contributed by atoms with E-state index in [1.165, 1.54) is 6.08 Å². The first kappa shape index (κ1) is 16.3. The van der Waals surface area contributed by atoms with Crippen LogP contribution in [-0.4, -0.2) is 11.8 Å². The van der Waals surface area contributed by atoms with Gasteiger partial charge in [0.25, 0.3) is 0 Å². The first-order valence-corrected chi connectivity index (χ1v) is 8.13. The molecule has 24 heavy (non-hydrogen) atoms. The second-order valence-electron chi connectivity index (χ2n) is 5.72. The standard InChI is InChI=1S/C19H17ClN2O2/c20-15-6-1-13(2-7-15)3-12-18(23)21-16-8-10-17(11-9-16)22-19(24)14-4-5-14/h1-3,6-12,14H,4-5H2,(H,21,23)(H,22,24)/b12-3+. The molecule has 0 unspecified atom stereocenters. The van der Waals surface area contributed by atoms with Crippen molar-refractivity contribution < 1.29 is 9.59 Å². The SMILES string of the molecule is O=C(/C=C/c1ccc(Cl)cc1)Nc1ccc(NC(=O)C2CC2)cc1. The van der Waals surface area contributed by atoms with E-state index in [9.17, 15) is 9.59 Å². The quantitative estimate of drug-likeness (QED) is 0.795. The van der Waals surface area contributed by atoms with Gasteiger partial charge in [0, 0.05) is 28.4 Å². The van der Waals surface area contributed by atoms with Crippen LogP contribution in [0.4, 0.5) is 11.4 Å². The van der Waals surface area contributed by atoms with Gasteiger partial charge in [-0.05, 0) is 60.9 Å². The summed E-state index contributed by atoms with van der Waals surface area (Å²) in [7, 11) is 0. The van der Waals surface area contributed by atoms with Crippen molar-refractivity contribution in [3.05, 3.63) is 65.2 Å². The average molecular weight is 341 g/mol. The minimum absolute atomic E-state index is 0.0673. The Morgan fingerprint density at radius 2 is 1.50 bits per heavy atom. The maximum absolute atomic E-state index is 11.9. The van der Waals surface area contributed by atoms with Gasteiger partial charge >= 0.3 is 0 Å². The zero-order valence-corrected chi connectivity index (χ0v) is 13.7. The Morgan fingerprint density at radius 3 is 2.08 bits per heavy atom. The summed E-state index contributed by atoms with van der Waals surface area (Å²) < 4.78 is 0. The number of rotatable bonds is 5. The minimum atomic E-state index is -0.222. The third-order valence-electron chi connectivity index (χ3n) is 3.67.